The van der Waals surface area contributed by atoms with Gasteiger partial charge in [-0.05, 0) is 18.6 Å². The third kappa shape index (κ3) is 6.66. The average molecular weight is 554 g/mol. The molecule has 2 atom stereocenters. The van der Waals surface area contributed by atoms with Crippen LogP contribution in [0, 0.1) is 5.82 Å². The highest BCUT2D eigenvalue weighted by Crippen LogP contribution is 2.44. The molecular weight excluding hydrogens is 524 g/mol. The number of carbonyl (C=O) groups excluding carboxylic acids is 1. The van der Waals surface area contributed by atoms with E-state index < -0.39 is 0 Å². The van der Waals surface area contributed by atoms with Crippen LogP contribution >= 0.6 is 35.6 Å². The van der Waals surface area contributed by atoms with E-state index in [1.165, 1.54) is 6.07 Å². The van der Waals surface area contributed by atoms with Crippen LogP contribution in [-0.2, 0) is 9.53 Å². The van der Waals surface area contributed by atoms with E-state index >= 15 is 0 Å². The molecule has 2 fully saturated rings. The number of halogens is 3. The highest BCUT2D eigenvalue weighted by Gasteiger charge is 2.42. The van der Waals surface area contributed by atoms with Gasteiger partial charge in [0.1, 0.15) is 5.82 Å². The van der Waals surface area contributed by atoms with E-state index in [1.807, 2.05) is 0 Å². The van der Waals surface area contributed by atoms with Crippen molar-refractivity contribution in [1.29, 1.82) is 0 Å². The van der Waals surface area contributed by atoms with E-state index in [-0.39, 0.29) is 47.7 Å². The number of methoxy groups -OCH3 is 1. The van der Waals surface area contributed by atoms with Crippen LogP contribution in [0.5, 0.6) is 0 Å². The van der Waals surface area contributed by atoms with Crippen LogP contribution in [0.3, 0.4) is 0 Å². The molecule has 1 heterocycles. The van der Waals surface area contributed by atoms with E-state index in [0.29, 0.717) is 30.3 Å². The summed E-state index contributed by atoms with van der Waals surface area (Å²) in [7, 11) is 3.37. The summed E-state index contributed by atoms with van der Waals surface area (Å²) in [6.45, 7) is 4.56. The largest absolute Gasteiger partial charge is 0.383 e. The third-order valence-corrected chi connectivity index (χ3v) is 5.68. The number of aliphatic imine (C=N–C) groups is 1. The molecule has 2 aliphatic rings. The van der Waals surface area contributed by atoms with Gasteiger partial charge in [0.15, 0.2) is 5.96 Å². The molecule has 0 aromatic heterocycles. The van der Waals surface area contributed by atoms with E-state index in [2.05, 4.69) is 25.4 Å². The number of amides is 1. The Morgan fingerprint density at radius 2 is 2.07 bits per heavy atom. The van der Waals surface area contributed by atoms with Crippen LogP contribution in [0.15, 0.2) is 23.2 Å². The highest BCUT2D eigenvalue weighted by molar-refractivity contribution is 14.0. The van der Waals surface area contributed by atoms with Crippen molar-refractivity contribution in [2.45, 2.75) is 18.4 Å². The van der Waals surface area contributed by atoms with Gasteiger partial charge in [-0.15, -0.1) is 24.0 Å². The van der Waals surface area contributed by atoms with Gasteiger partial charge < -0.3 is 20.3 Å². The summed E-state index contributed by atoms with van der Waals surface area (Å²) >= 11 is 6.19. The molecule has 0 spiro atoms. The Labute approximate surface area is 199 Å². The fourth-order valence-electron chi connectivity index (χ4n) is 3.67. The zero-order valence-corrected chi connectivity index (χ0v) is 20.5. The first-order valence-electron chi connectivity index (χ1n) is 9.93. The molecule has 0 radical (unpaired) electrons. The molecule has 2 unspecified atom stereocenters. The van der Waals surface area contributed by atoms with Crippen molar-refractivity contribution < 1.29 is 13.9 Å². The second-order valence-corrected chi connectivity index (χ2v) is 7.79. The lowest BCUT2D eigenvalue weighted by molar-refractivity contribution is -0.122. The molecule has 3 rings (SSSR count). The van der Waals surface area contributed by atoms with E-state index in [1.54, 1.807) is 26.3 Å². The minimum atomic E-state index is -0.251. The molecule has 1 saturated heterocycles. The van der Waals surface area contributed by atoms with Crippen molar-refractivity contribution in [2.24, 2.45) is 4.99 Å². The third-order valence-electron chi connectivity index (χ3n) is 5.35. The Hall–Kier alpha value is -1.17. The number of benzene rings is 1. The first kappa shape index (κ1) is 25.1. The molecule has 1 amide bonds. The quantitative estimate of drug-likeness (QED) is 0.234. The van der Waals surface area contributed by atoms with Gasteiger partial charge in [-0.1, -0.05) is 17.7 Å². The predicted octanol–water partition coefficient (Wildman–Crippen LogP) is 1.91. The summed E-state index contributed by atoms with van der Waals surface area (Å²) in [5, 5.41) is 6.76. The molecule has 2 N–H and O–H groups in total. The first-order chi connectivity index (χ1) is 14.0. The van der Waals surface area contributed by atoms with Crippen molar-refractivity contribution in [2.75, 3.05) is 60.0 Å². The van der Waals surface area contributed by atoms with Crippen molar-refractivity contribution >= 4 is 47.4 Å². The van der Waals surface area contributed by atoms with Gasteiger partial charge in [-0.2, -0.15) is 0 Å². The van der Waals surface area contributed by atoms with Crippen LogP contribution in [0.1, 0.15) is 17.9 Å². The van der Waals surface area contributed by atoms with Gasteiger partial charge in [-0.3, -0.25) is 14.7 Å². The van der Waals surface area contributed by atoms with Gasteiger partial charge in [0, 0.05) is 69.4 Å². The smallest absolute Gasteiger partial charge is 0.234 e. The van der Waals surface area contributed by atoms with Crippen molar-refractivity contribution in [3.8, 4) is 0 Å². The van der Waals surface area contributed by atoms with Crippen molar-refractivity contribution in [1.82, 2.24) is 20.4 Å². The molecule has 0 bridgehead atoms. The van der Waals surface area contributed by atoms with E-state index in [9.17, 15) is 9.18 Å². The number of ether oxygens (including phenoxy) is 1. The summed E-state index contributed by atoms with van der Waals surface area (Å²) in [6, 6.07) is 4.94. The molecule has 168 valence electrons. The molecule has 1 aromatic rings. The van der Waals surface area contributed by atoms with Gasteiger partial charge >= 0.3 is 0 Å². The predicted molar refractivity (Wildman–Crippen MR) is 127 cm³/mol. The normalized spacial score (nSPS) is 21.7. The lowest BCUT2D eigenvalue weighted by Gasteiger charge is -2.36. The van der Waals surface area contributed by atoms with E-state index in [0.717, 1.165) is 38.6 Å². The standard InChI is InChI=1S/C20H29ClFN5O2.HI/c1-23-20(25-17-12-14(17)19-15(21)4-3-5-16(19)22)27-9-7-26(8-10-27)13-18(28)24-6-11-29-2;/h3-5,14,17H,6-13H2,1-2H3,(H,23,25)(H,24,28);1H. The summed E-state index contributed by atoms with van der Waals surface area (Å²) < 4.78 is 19.1. The molecule has 1 aliphatic heterocycles. The van der Waals surface area contributed by atoms with Crippen LogP contribution in [0.4, 0.5) is 4.39 Å². The number of piperazine rings is 1. The molecule has 1 aliphatic carbocycles. The summed E-state index contributed by atoms with van der Waals surface area (Å²) in [5.41, 5.74) is 0.589. The maximum Gasteiger partial charge on any atom is 0.234 e. The van der Waals surface area contributed by atoms with Crippen molar-refractivity contribution in [3.63, 3.8) is 0 Å². The van der Waals surface area contributed by atoms with Crippen LogP contribution in [0.2, 0.25) is 5.02 Å². The van der Waals surface area contributed by atoms with Gasteiger partial charge in [0.25, 0.3) is 0 Å². The summed E-state index contributed by atoms with van der Waals surface area (Å²) in [4.78, 5) is 20.6. The first-order valence-corrected chi connectivity index (χ1v) is 10.3. The fraction of sp³-hybridized carbons (Fsp3) is 0.600. The number of guanidine groups is 1. The maximum atomic E-state index is 14.1. The van der Waals surface area contributed by atoms with Gasteiger partial charge in [0.05, 0.1) is 13.2 Å². The molecule has 30 heavy (non-hydrogen) atoms. The minimum Gasteiger partial charge on any atom is -0.383 e. The van der Waals surface area contributed by atoms with Crippen LogP contribution < -0.4 is 10.6 Å². The molecule has 10 heteroatoms. The molecule has 1 aromatic carbocycles. The number of nitrogens with one attached hydrogen (secondary N) is 2. The Kier molecular flexibility index (Phi) is 10.1. The topological polar surface area (TPSA) is 69.2 Å². The molecule has 1 saturated carbocycles. The van der Waals surface area contributed by atoms with Crippen LogP contribution in [0.25, 0.3) is 0 Å². The number of rotatable bonds is 7. The fourth-order valence-corrected chi connectivity index (χ4v) is 3.97. The average Bonchev–Trinajstić information content (AvgIpc) is 3.45. The zero-order chi connectivity index (χ0) is 20.8. The Bertz CT molecular complexity index is 726. The monoisotopic (exact) mass is 553 g/mol. The lowest BCUT2D eigenvalue weighted by atomic mass is 10.1. The number of carbonyl (C=O) groups is 1. The minimum absolute atomic E-state index is 0. The Morgan fingerprint density at radius 1 is 1.33 bits per heavy atom. The second-order valence-electron chi connectivity index (χ2n) is 7.38. The molecular formula is C20H30ClFIN5O2. The SMILES string of the molecule is CN=C(NC1CC1c1c(F)cccc1Cl)N1CCN(CC(=O)NCCOC)CC1.I. The number of hydrogen-bond acceptors (Lipinski definition) is 4. The summed E-state index contributed by atoms with van der Waals surface area (Å²) in [5.74, 6) is 0.645. The van der Waals surface area contributed by atoms with Crippen molar-refractivity contribution in [3.05, 3.63) is 34.6 Å². The zero-order valence-electron chi connectivity index (χ0n) is 17.4. The van der Waals surface area contributed by atoms with Gasteiger partial charge in [-0.25, -0.2) is 4.39 Å². The number of hydrogen-bond donors (Lipinski definition) is 2. The van der Waals surface area contributed by atoms with E-state index in [4.69, 9.17) is 16.3 Å². The number of nitrogens with zero attached hydrogens (tertiary/aromatic N) is 3. The van der Waals surface area contributed by atoms with Crippen LogP contribution in [-0.4, -0.2) is 87.7 Å². The maximum absolute atomic E-state index is 14.1. The Balaban J connectivity index is 0.00000320. The summed E-state index contributed by atoms with van der Waals surface area (Å²) in [6.07, 6.45) is 0.835. The highest BCUT2D eigenvalue weighted by atomic mass is 127. The Morgan fingerprint density at radius 3 is 2.70 bits per heavy atom. The molecule has 7 nitrogen and oxygen atoms in total. The lowest BCUT2D eigenvalue weighted by Crippen LogP contribution is -2.54. The van der Waals surface area contributed by atoms with Gasteiger partial charge in [0.2, 0.25) is 5.91 Å². The second kappa shape index (κ2) is 12.0.